The van der Waals surface area contributed by atoms with Gasteiger partial charge in [-0.05, 0) is 102 Å². The number of allylic oxidation sites excluding steroid dienone is 1. The van der Waals surface area contributed by atoms with Crippen molar-refractivity contribution in [2.24, 2.45) is 4.99 Å². The summed E-state index contributed by atoms with van der Waals surface area (Å²) >= 11 is 4.44. The SMILES string of the molecule is COc1cc(OC)cc(C(c2c(C)c(I)c(C)n2B(F)F)C2N=C(C)C(I)=C2C)c1. The number of nitrogens with zero attached hydrogens (tertiary/aromatic N) is 2. The quantitative estimate of drug-likeness (QED) is 0.280. The van der Waals surface area contributed by atoms with Crippen LogP contribution in [0.3, 0.4) is 0 Å². The number of aliphatic imine (C=N–C) groups is 1. The van der Waals surface area contributed by atoms with E-state index < -0.39 is 13.3 Å². The van der Waals surface area contributed by atoms with E-state index in [2.05, 4.69) is 45.2 Å². The van der Waals surface area contributed by atoms with Crippen LogP contribution in [0.5, 0.6) is 11.5 Å². The van der Waals surface area contributed by atoms with E-state index in [0.29, 0.717) is 22.9 Å². The maximum absolute atomic E-state index is 14.2. The number of ether oxygens (including phenoxy) is 2. The number of methoxy groups -OCH3 is 2. The summed E-state index contributed by atoms with van der Waals surface area (Å²) < 4.78 is 42.5. The van der Waals surface area contributed by atoms with Gasteiger partial charge in [0.15, 0.2) is 0 Å². The van der Waals surface area contributed by atoms with E-state index in [1.54, 1.807) is 27.2 Å². The Morgan fingerprint density at radius 1 is 1.03 bits per heavy atom. The molecule has 2 heterocycles. The van der Waals surface area contributed by atoms with Crippen LogP contribution in [-0.2, 0) is 0 Å². The van der Waals surface area contributed by atoms with Gasteiger partial charge >= 0.3 is 7.40 Å². The highest BCUT2D eigenvalue weighted by molar-refractivity contribution is 14.1. The molecular formula is C21H23BF2I2N2O2. The summed E-state index contributed by atoms with van der Waals surface area (Å²) in [6, 6.07) is 5.28. The van der Waals surface area contributed by atoms with Crippen LogP contribution in [0.1, 0.15) is 42.3 Å². The van der Waals surface area contributed by atoms with Crippen LogP contribution in [-0.4, -0.2) is 37.9 Å². The summed E-state index contributed by atoms with van der Waals surface area (Å²) in [6.45, 7) is 7.63. The van der Waals surface area contributed by atoms with Crippen molar-refractivity contribution in [3.63, 3.8) is 0 Å². The molecule has 3 rings (SSSR count). The minimum absolute atomic E-state index is 0.282. The highest BCUT2D eigenvalue weighted by atomic mass is 127. The smallest absolute Gasteiger partial charge is 0.497 e. The highest BCUT2D eigenvalue weighted by Gasteiger charge is 2.38. The Bertz CT molecular complexity index is 1030. The molecule has 0 bridgehead atoms. The number of rotatable bonds is 6. The van der Waals surface area contributed by atoms with Gasteiger partial charge in [0, 0.05) is 30.3 Å². The van der Waals surface area contributed by atoms with Gasteiger partial charge < -0.3 is 14.0 Å². The molecule has 0 fully saturated rings. The first-order chi connectivity index (χ1) is 14.1. The van der Waals surface area contributed by atoms with Gasteiger partial charge in [-0.1, -0.05) is 0 Å². The van der Waals surface area contributed by atoms with Crippen LogP contribution in [0.4, 0.5) is 8.63 Å². The zero-order valence-electron chi connectivity index (χ0n) is 17.7. The summed E-state index contributed by atoms with van der Waals surface area (Å²) in [4.78, 5) is 4.89. The fourth-order valence-electron chi connectivity index (χ4n) is 4.09. The third-order valence-corrected chi connectivity index (χ3v) is 8.85. The molecule has 1 aromatic heterocycles. The number of hydrogen-bond donors (Lipinski definition) is 0. The molecule has 4 nitrogen and oxygen atoms in total. The van der Waals surface area contributed by atoms with Crippen molar-refractivity contribution >= 4 is 58.3 Å². The van der Waals surface area contributed by atoms with Crippen molar-refractivity contribution in [3.8, 4) is 11.5 Å². The minimum atomic E-state index is -2.65. The topological polar surface area (TPSA) is 35.8 Å². The number of aromatic nitrogens is 1. The molecule has 1 aliphatic rings. The van der Waals surface area contributed by atoms with E-state index >= 15 is 0 Å². The van der Waals surface area contributed by atoms with Gasteiger partial charge in [-0.25, -0.2) is 0 Å². The normalized spacial score (nSPS) is 17.3. The van der Waals surface area contributed by atoms with Crippen LogP contribution in [0.15, 0.2) is 32.3 Å². The summed E-state index contributed by atoms with van der Waals surface area (Å²) in [5.41, 5.74) is 4.83. The van der Waals surface area contributed by atoms with Crippen molar-refractivity contribution in [1.82, 2.24) is 4.48 Å². The maximum atomic E-state index is 14.2. The molecule has 0 amide bonds. The average Bonchev–Trinajstić information content (AvgIpc) is 3.10. The monoisotopic (exact) mass is 638 g/mol. The lowest BCUT2D eigenvalue weighted by Gasteiger charge is -2.27. The Morgan fingerprint density at radius 3 is 2.03 bits per heavy atom. The zero-order valence-corrected chi connectivity index (χ0v) is 22.0. The highest BCUT2D eigenvalue weighted by Crippen LogP contribution is 2.44. The van der Waals surface area contributed by atoms with E-state index in [4.69, 9.17) is 14.5 Å². The van der Waals surface area contributed by atoms with E-state index in [1.807, 2.05) is 32.9 Å². The number of halogens is 4. The second-order valence-corrected chi connectivity index (χ2v) is 9.49. The van der Waals surface area contributed by atoms with Crippen LogP contribution in [0.2, 0.25) is 0 Å². The average molecular weight is 638 g/mol. The molecule has 0 saturated heterocycles. The Kier molecular flexibility index (Phi) is 7.20. The standard InChI is InChI=1S/C21H23BF2I2N2O2/c1-10-18(25)12(3)27-20(10)17(14-7-15(29-5)9-16(8-14)30-6)21-11(2)19(26)13(4)28(21)22(23)24/h7-9,17,20H,1-6H3. The predicted octanol–water partition coefficient (Wildman–Crippen LogP) is 6.18. The van der Waals surface area contributed by atoms with E-state index in [0.717, 1.165) is 34.0 Å². The third kappa shape index (κ3) is 4.03. The Morgan fingerprint density at radius 2 is 1.60 bits per heavy atom. The fraction of sp³-hybridized carbons (Fsp3) is 0.381. The third-order valence-electron chi connectivity index (χ3n) is 5.63. The summed E-state index contributed by atoms with van der Waals surface area (Å²) in [5, 5.41) is 0. The molecule has 1 aliphatic heterocycles. The van der Waals surface area contributed by atoms with Crippen molar-refractivity contribution in [1.29, 1.82) is 0 Å². The van der Waals surface area contributed by atoms with Gasteiger partial charge in [-0.15, -0.1) is 0 Å². The molecule has 0 radical (unpaired) electrons. The molecule has 2 unspecified atom stereocenters. The molecule has 0 spiro atoms. The van der Waals surface area contributed by atoms with Gasteiger partial charge in [-0.2, -0.15) is 0 Å². The first kappa shape index (κ1) is 23.6. The Balaban J connectivity index is 2.36. The van der Waals surface area contributed by atoms with Crippen molar-refractivity contribution in [2.75, 3.05) is 14.2 Å². The van der Waals surface area contributed by atoms with Gasteiger partial charge in [-0.3, -0.25) is 13.6 Å². The van der Waals surface area contributed by atoms with Crippen molar-refractivity contribution < 1.29 is 18.1 Å². The summed E-state index contributed by atoms with van der Waals surface area (Å²) in [7, 11) is 0.520. The molecule has 160 valence electrons. The summed E-state index contributed by atoms with van der Waals surface area (Å²) in [6.07, 6.45) is 0. The largest absolute Gasteiger partial charge is 0.677 e. The van der Waals surface area contributed by atoms with Gasteiger partial charge in [0.1, 0.15) is 11.5 Å². The van der Waals surface area contributed by atoms with Gasteiger partial charge in [0.25, 0.3) is 0 Å². The zero-order chi connectivity index (χ0) is 22.3. The van der Waals surface area contributed by atoms with E-state index in [1.165, 1.54) is 0 Å². The van der Waals surface area contributed by atoms with E-state index in [-0.39, 0.29) is 6.04 Å². The second-order valence-electron chi connectivity index (χ2n) is 7.34. The van der Waals surface area contributed by atoms with Crippen LogP contribution in [0.25, 0.3) is 0 Å². The Hall–Kier alpha value is -1.11. The Labute approximate surface area is 203 Å². The lowest BCUT2D eigenvalue weighted by Crippen LogP contribution is -2.26. The first-order valence-corrected chi connectivity index (χ1v) is 11.6. The predicted molar refractivity (Wildman–Crippen MR) is 135 cm³/mol. The lowest BCUT2D eigenvalue weighted by atomic mass is 9.83. The maximum Gasteiger partial charge on any atom is 0.677 e. The second kappa shape index (κ2) is 9.18. The minimum Gasteiger partial charge on any atom is -0.497 e. The van der Waals surface area contributed by atoms with Gasteiger partial charge in [0.05, 0.1) is 26.2 Å². The molecule has 0 aliphatic carbocycles. The lowest BCUT2D eigenvalue weighted by molar-refractivity contribution is 0.392. The molecule has 1 aromatic carbocycles. The van der Waals surface area contributed by atoms with Crippen molar-refractivity contribution in [2.45, 2.75) is 39.7 Å². The molecule has 0 saturated carbocycles. The van der Waals surface area contributed by atoms with Crippen molar-refractivity contribution in [3.05, 3.63) is 53.4 Å². The molecule has 2 aromatic rings. The fourth-order valence-corrected chi connectivity index (χ4v) is 5.08. The molecule has 2 atom stereocenters. The summed E-state index contributed by atoms with van der Waals surface area (Å²) in [5.74, 6) is 0.819. The van der Waals surface area contributed by atoms with Gasteiger partial charge in [0.2, 0.25) is 0 Å². The van der Waals surface area contributed by atoms with Crippen LogP contribution >= 0.6 is 45.2 Å². The molecule has 9 heteroatoms. The van der Waals surface area contributed by atoms with E-state index in [9.17, 15) is 8.63 Å². The molecular weight excluding hydrogens is 615 g/mol. The molecule has 30 heavy (non-hydrogen) atoms. The molecule has 0 N–H and O–H groups in total. The van der Waals surface area contributed by atoms with Crippen LogP contribution in [0, 0.1) is 17.4 Å². The van der Waals surface area contributed by atoms with Crippen LogP contribution < -0.4 is 9.47 Å². The number of benzene rings is 1. The number of hydrogen-bond acceptors (Lipinski definition) is 3. The first-order valence-electron chi connectivity index (χ1n) is 9.41.